The average molecular weight is 431 g/mol. The van der Waals surface area contributed by atoms with Crippen LogP contribution in [0.25, 0.3) is 27.8 Å². The van der Waals surface area contributed by atoms with Crippen molar-refractivity contribution in [1.82, 2.24) is 34.3 Å². The molecule has 0 aliphatic carbocycles. The van der Waals surface area contributed by atoms with Gasteiger partial charge in [-0.05, 0) is 41.6 Å². The van der Waals surface area contributed by atoms with Gasteiger partial charge in [0.15, 0.2) is 0 Å². The number of H-pyrrole nitrogens is 1. The molecule has 0 unspecified atom stereocenters. The monoisotopic (exact) mass is 431 g/mol. The summed E-state index contributed by atoms with van der Waals surface area (Å²) >= 11 is 1.48. The Bertz CT molecular complexity index is 1520. The first kappa shape index (κ1) is 19.2. The third-order valence-electron chi connectivity index (χ3n) is 4.87. The summed E-state index contributed by atoms with van der Waals surface area (Å²) in [6, 6.07) is 8.84. The van der Waals surface area contributed by atoms with Crippen molar-refractivity contribution in [1.29, 1.82) is 0 Å². The second kappa shape index (κ2) is 7.80. The normalized spacial score (nSPS) is 11.4. The Labute approximate surface area is 179 Å². The van der Waals surface area contributed by atoms with Crippen LogP contribution < -0.4 is 11.1 Å². The van der Waals surface area contributed by atoms with Crippen LogP contribution in [0.2, 0.25) is 0 Å². The fourth-order valence-electron chi connectivity index (χ4n) is 3.38. The lowest BCUT2D eigenvalue weighted by Crippen LogP contribution is -2.22. The van der Waals surface area contributed by atoms with E-state index in [1.54, 1.807) is 47.6 Å². The molecule has 0 atom stereocenters. The zero-order valence-corrected chi connectivity index (χ0v) is 17.3. The van der Waals surface area contributed by atoms with Crippen LogP contribution in [0.15, 0.2) is 69.9 Å². The van der Waals surface area contributed by atoms with Gasteiger partial charge in [-0.2, -0.15) is 4.98 Å². The van der Waals surface area contributed by atoms with E-state index in [1.165, 1.54) is 16.3 Å². The van der Waals surface area contributed by atoms with Gasteiger partial charge in [-0.3, -0.25) is 19.1 Å². The first-order chi connectivity index (χ1) is 15.1. The van der Waals surface area contributed by atoms with Gasteiger partial charge in [0.25, 0.3) is 11.1 Å². The predicted octanol–water partition coefficient (Wildman–Crippen LogP) is 2.37. The van der Waals surface area contributed by atoms with Crippen molar-refractivity contribution in [2.45, 2.75) is 18.6 Å². The fourth-order valence-corrected chi connectivity index (χ4v) is 3.90. The first-order valence-electron chi connectivity index (χ1n) is 9.64. The van der Waals surface area contributed by atoms with Crippen LogP contribution in [0.1, 0.15) is 12.5 Å². The minimum absolute atomic E-state index is 0.209. The molecule has 0 saturated heterocycles. The van der Waals surface area contributed by atoms with Crippen LogP contribution in [0.3, 0.4) is 0 Å². The summed E-state index contributed by atoms with van der Waals surface area (Å²) in [6.07, 6.45) is 6.70. The van der Waals surface area contributed by atoms with Gasteiger partial charge in [-0.25, -0.2) is 10.1 Å². The molecule has 1 N–H and O–H groups in total. The molecule has 0 bridgehead atoms. The number of nitrogens with zero attached hydrogens (tertiary/aromatic N) is 6. The molecule has 31 heavy (non-hydrogen) atoms. The minimum Gasteiger partial charge on any atom is -0.310 e. The molecule has 0 amide bonds. The highest BCUT2D eigenvalue weighted by Gasteiger charge is 2.13. The highest BCUT2D eigenvalue weighted by molar-refractivity contribution is 7.99. The Balaban J connectivity index is 1.64. The molecule has 0 saturated carbocycles. The SMILES string of the molecule is CCSc1n[nH]c(-n2ccc3nc4ccn(Cc5ccncc5)c(=O)c4cc3c2=O)n1. The Hall–Kier alpha value is -3.79. The van der Waals surface area contributed by atoms with E-state index < -0.39 is 0 Å². The zero-order chi connectivity index (χ0) is 21.4. The zero-order valence-electron chi connectivity index (χ0n) is 16.5. The molecule has 10 heteroatoms. The van der Waals surface area contributed by atoms with Gasteiger partial charge in [-0.15, -0.1) is 5.10 Å². The molecule has 5 heterocycles. The van der Waals surface area contributed by atoms with E-state index in [2.05, 4.69) is 25.1 Å². The van der Waals surface area contributed by atoms with Gasteiger partial charge in [-0.1, -0.05) is 18.7 Å². The fraction of sp³-hybridized carbons (Fsp3) is 0.143. The standard InChI is InChI=1S/C21H17N7O2S/c1-2-31-21-24-20(25-26-21)28-10-6-17-15(19(28)30)11-14-16(23-17)5-9-27(18(14)29)12-13-3-7-22-8-4-13/h3-11H,2,12H2,1H3,(H,24,25,26). The van der Waals surface area contributed by atoms with Crippen LogP contribution in [0, 0.1) is 0 Å². The summed E-state index contributed by atoms with van der Waals surface area (Å²) in [5, 5.41) is 8.20. The molecule has 5 aromatic heterocycles. The molecule has 5 aromatic rings. The van der Waals surface area contributed by atoms with Gasteiger partial charge in [0, 0.05) is 24.8 Å². The van der Waals surface area contributed by atoms with E-state index >= 15 is 0 Å². The van der Waals surface area contributed by atoms with Gasteiger partial charge in [0.2, 0.25) is 11.1 Å². The lowest BCUT2D eigenvalue weighted by atomic mass is 10.2. The number of thioether (sulfide) groups is 1. The summed E-state index contributed by atoms with van der Waals surface area (Å²) in [7, 11) is 0. The van der Waals surface area contributed by atoms with E-state index in [0.717, 1.165) is 11.3 Å². The summed E-state index contributed by atoms with van der Waals surface area (Å²) in [4.78, 5) is 39.1. The van der Waals surface area contributed by atoms with Crippen LogP contribution in [-0.4, -0.2) is 40.0 Å². The summed E-state index contributed by atoms with van der Waals surface area (Å²) in [5.41, 5.74) is 1.49. The Morgan fingerprint density at radius 3 is 2.48 bits per heavy atom. The van der Waals surface area contributed by atoms with Gasteiger partial charge >= 0.3 is 0 Å². The number of aromatic amines is 1. The van der Waals surface area contributed by atoms with Crippen LogP contribution >= 0.6 is 11.8 Å². The number of aromatic nitrogens is 7. The van der Waals surface area contributed by atoms with Crippen molar-refractivity contribution in [3.63, 3.8) is 0 Å². The maximum atomic E-state index is 13.1. The first-order valence-corrected chi connectivity index (χ1v) is 10.6. The average Bonchev–Trinajstić information content (AvgIpc) is 3.25. The quantitative estimate of drug-likeness (QED) is 0.336. The van der Waals surface area contributed by atoms with Crippen LogP contribution in [0.5, 0.6) is 0 Å². The van der Waals surface area contributed by atoms with Crippen molar-refractivity contribution in [2.24, 2.45) is 0 Å². The summed E-state index contributed by atoms with van der Waals surface area (Å²) in [6.45, 7) is 2.41. The Morgan fingerprint density at radius 2 is 1.71 bits per heavy atom. The van der Waals surface area contributed by atoms with E-state index in [1.807, 2.05) is 19.1 Å². The highest BCUT2D eigenvalue weighted by Crippen LogP contribution is 2.16. The Kier molecular flexibility index (Phi) is 4.83. The molecular weight excluding hydrogens is 414 g/mol. The van der Waals surface area contributed by atoms with E-state index in [0.29, 0.717) is 39.5 Å². The van der Waals surface area contributed by atoms with Crippen LogP contribution in [0.4, 0.5) is 0 Å². The number of hydrogen-bond donors (Lipinski definition) is 1. The number of nitrogens with one attached hydrogen (secondary N) is 1. The van der Waals surface area contributed by atoms with Crippen molar-refractivity contribution < 1.29 is 0 Å². The van der Waals surface area contributed by atoms with Gasteiger partial charge in [0.1, 0.15) is 0 Å². The van der Waals surface area contributed by atoms with Crippen molar-refractivity contribution in [3.8, 4) is 5.95 Å². The predicted molar refractivity (Wildman–Crippen MR) is 119 cm³/mol. The van der Waals surface area contributed by atoms with Gasteiger partial charge in [0.05, 0.1) is 28.4 Å². The lowest BCUT2D eigenvalue weighted by molar-refractivity contribution is 0.766. The van der Waals surface area contributed by atoms with Crippen molar-refractivity contribution in [3.05, 3.63) is 81.4 Å². The van der Waals surface area contributed by atoms with Crippen LogP contribution in [-0.2, 0) is 6.54 Å². The maximum Gasteiger partial charge on any atom is 0.266 e. The second-order valence-electron chi connectivity index (χ2n) is 6.82. The third-order valence-corrected chi connectivity index (χ3v) is 5.60. The molecule has 154 valence electrons. The molecule has 9 nitrogen and oxygen atoms in total. The molecule has 0 radical (unpaired) electrons. The molecule has 0 aliphatic rings. The second-order valence-corrected chi connectivity index (χ2v) is 8.05. The molecule has 5 rings (SSSR count). The molecule has 0 aromatic carbocycles. The van der Waals surface area contributed by atoms with Gasteiger partial charge < -0.3 is 4.57 Å². The molecule has 0 spiro atoms. The smallest absolute Gasteiger partial charge is 0.266 e. The Morgan fingerprint density at radius 1 is 0.968 bits per heavy atom. The van der Waals surface area contributed by atoms with Crippen molar-refractivity contribution in [2.75, 3.05) is 5.75 Å². The van der Waals surface area contributed by atoms with Crippen molar-refractivity contribution >= 4 is 33.6 Å². The number of fused-ring (bicyclic) bond motifs is 2. The lowest BCUT2D eigenvalue weighted by Gasteiger charge is -2.08. The number of rotatable bonds is 5. The third kappa shape index (κ3) is 3.50. The maximum absolute atomic E-state index is 13.1. The van der Waals surface area contributed by atoms with E-state index in [9.17, 15) is 9.59 Å². The highest BCUT2D eigenvalue weighted by atomic mass is 32.2. The molecular formula is C21H17N7O2S. The topological polar surface area (TPSA) is 111 Å². The summed E-state index contributed by atoms with van der Waals surface area (Å²) < 4.78 is 2.97. The summed E-state index contributed by atoms with van der Waals surface area (Å²) in [5.74, 6) is 1.15. The largest absolute Gasteiger partial charge is 0.310 e. The van der Waals surface area contributed by atoms with E-state index in [4.69, 9.17) is 0 Å². The number of hydrogen-bond acceptors (Lipinski definition) is 7. The molecule has 0 fully saturated rings. The minimum atomic E-state index is -0.319. The van der Waals surface area contributed by atoms with E-state index in [-0.39, 0.29) is 11.1 Å². The molecule has 0 aliphatic heterocycles. The number of pyridine rings is 4.